The van der Waals surface area contributed by atoms with Crippen molar-refractivity contribution in [2.75, 3.05) is 12.0 Å². The molecule has 1 unspecified atom stereocenters. The SMILES string of the molecule is COc1ccc(S(=O)(=O)N(C2CCCCC2)C2CC(=O)N(c3ccc(-c4nc5ccccc5o4)cc3)C2=O)cc1. The van der Waals surface area contributed by atoms with Gasteiger partial charge in [-0.1, -0.05) is 31.4 Å². The number of hydrogen-bond donors (Lipinski definition) is 0. The van der Waals surface area contributed by atoms with Gasteiger partial charge in [-0.15, -0.1) is 0 Å². The monoisotopic (exact) mass is 559 g/mol. The van der Waals surface area contributed by atoms with Gasteiger partial charge in [0, 0.05) is 11.6 Å². The van der Waals surface area contributed by atoms with Crippen molar-refractivity contribution in [1.82, 2.24) is 9.29 Å². The Morgan fingerprint density at radius 2 is 1.62 bits per heavy atom. The van der Waals surface area contributed by atoms with E-state index < -0.39 is 27.9 Å². The first-order valence-electron chi connectivity index (χ1n) is 13.4. The quantitative estimate of drug-likeness (QED) is 0.288. The normalized spacial score (nSPS) is 18.6. The number of carbonyl (C=O) groups excluding carboxylic acids is 2. The fourth-order valence-electron chi connectivity index (χ4n) is 5.66. The van der Waals surface area contributed by atoms with Crippen molar-refractivity contribution in [3.63, 3.8) is 0 Å². The molecule has 1 saturated heterocycles. The van der Waals surface area contributed by atoms with E-state index in [4.69, 9.17) is 9.15 Å². The van der Waals surface area contributed by atoms with Gasteiger partial charge in [0.15, 0.2) is 5.58 Å². The van der Waals surface area contributed by atoms with E-state index in [1.165, 1.54) is 23.5 Å². The number of hydrogen-bond acceptors (Lipinski definition) is 7. The second-order valence-corrected chi connectivity index (χ2v) is 12.0. The molecule has 6 rings (SSSR count). The summed E-state index contributed by atoms with van der Waals surface area (Å²) in [7, 11) is -2.56. The van der Waals surface area contributed by atoms with Crippen molar-refractivity contribution in [2.45, 2.75) is 55.5 Å². The first-order valence-corrected chi connectivity index (χ1v) is 14.8. The standard InChI is InChI=1S/C30H29N3O6S/c1-38-23-15-17-24(18-16-23)40(36,37)33(22-7-3-2-4-8-22)26-19-28(34)32(30(26)35)21-13-11-20(12-14-21)29-31-25-9-5-6-10-27(25)39-29/h5-6,9-18,22,26H,2-4,7-8,19H2,1H3. The Morgan fingerprint density at radius 3 is 2.30 bits per heavy atom. The molecule has 0 bridgehead atoms. The molecule has 206 valence electrons. The topological polar surface area (TPSA) is 110 Å². The second-order valence-electron chi connectivity index (χ2n) is 10.1. The average molecular weight is 560 g/mol. The number of fused-ring (bicyclic) bond motifs is 1. The number of rotatable bonds is 7. The van der Waals surface area contributed by atoms with Crippen LogP contribution in [0.3, 0.4) is 0 Å². The molecule has 1 aliphatic heterocycles. The van der Waals surface area contributed by atoms with Gasteiger partial charge in [-0.05, 0) is 73.5 Å². The highest BCUT2D eigenvalue weighted by Crippen LogP contribution is 2.36. The maximum atomic E-state index is 14.0. The van der Waals surface area contributed by atoms with Crippen LogP contribution in [0.5, 0.6) is 5.75 Å². The Bertz CT molecular complexity index is 1620. The summed E-state index contributed by atoms with van der Waals surface area (Å²) < 4.78 is 40.3. The van der Waals surface area contributed by atoms with Gasteiger partial charge >= 0.3 is 0 Å². The second kappa shape index (κ2) is 10.5. The highest BCUT2D eigenvalue weighted by atomic mass is 32.2. The Balaban J connectivity index is 1.31. The van der Waals surface area contributed by atoms with Gasteiger partial charge in [0.2, 0.25) is 21.8 Å². The summed E-state index contributed by atoms with van der Waals surface area (Å²) in [5.74, 6) is -0.0147. The van der Waals surface area contributed by atoms with Crippen LogP contribution in [-0.2, 0) is 19.6 Å². The van der Waals surface area contributed by atoms with Gasteiger partial charge in [0.25, 0.3) is 5.91 Å². The molecule has 9 nitrogen and oxygen atoms in total. The molecule has 3 aromatic carbocycles. The third kappa shape index (κ3) is 4.67. The van der Waals surface area contributed by atoms with Crippen molar-refractivity contribution in [2.24, 2.45) is 0 Å². The fraction of sp³-hybridized carbons (Fsp3) is 0.300. The van der Waals surface area contributed by atoms with Gasteiger partial charge < -0.3 is 9.15 Å². The van der Waals surface area contributed by atoms with E-state index in [0.717, 1.165) is 29.7 Å². The maximum Gasteiger partial charge on any atom is 0.252 e. The Kier molecular flexibility index (Phi) is 6.89. The minimum Gasteiger partial charge on any atom is -0.497 e. The minimum atomic E-state index is -4.07. The van der Waals surface area contributed by atoms with E-state index in [2.05, 4.69) is 4.98 Å². The lowest BCUT2D eigenvalue weighted by Gasteiger charge is -2.36. The molecule has 0 radical (unpaired) electrons. The van der Waals surface area contributed by atoms with Crippen LogP contribution in [0.25, 0.3) is 22.6 Å². The number of imide groups is 1. The van der Waals surface area contributed by atoms with Crippen LogP contribution in [0.4, 0.5) is 5.69 Å². The summed E-state index contributed by atoms with van der Waals surface area (Å²) in [6.07, 6.45) is 3.84. The molecule has 2 fully saturated rings. The Labute approximate surface area is 232 Å². The number of oxazole rings is 1. The fourth-order valence-corrected chi connectivity index (χ4v) is 7.48. The number of sulfonamides is 1. The van der Waals surface area contributed by atoms with Gasteiger partial charge in [-0.2, -0.15) is 4.31 Å². The summed E-state index contributed by atoms with van der Waals surface area (Å²) in [6.45, 7) is 0. The van der Waals surface area contributed by atoms with E-state index in [9.17, 15) is 18.0 Å². The van der Waals surface area contributed by atoms with Crippen molar-refractivity contribution < 1.29 is 27.2 Å². The lowest BCUT2D eigenvalue weighted by molar-refractivity contribution is -0.122. The lowest BCUT2D eigenvalue weighted by atomic mass is 9.94. The molecule has 1 atom stereocenters. The summed E-state index contributed by atoms with van der Waals surface area (Å²) in [5, 5.41) is 0. The van der Waals surface area contributed by atoms with Crippen LogP contribution < -0.4 is 9.64 Å². The predicted molar refractivity (Wildman–Crippen MR) is 149 cm³/mol. The molecule has 1 aromatic heterocycles. The molecular weight excluding hydrogens is 530 g/mol. The number of aromatic nitrogens is 1. The van der Waals surface area contributed by atoms with Crippen LogP contribution in [0.1, 0.15) is 38.5 Å². The van der Waals surface area contributed by atoms with E-state index in [1.807, 2.05) is 24.3 Å². The molecule has 40 heavy (non-hydrogen) atoms. The zero-order valence-electron chi connectivity index (χ0n) is 22.0. The molecular formula is C30H29N3O6S. The maximum absolute atomic E-state index is 14.0. The summed E-state index contributed by atoms with van der Waals surface area (Å²) in [5.41, 5.74) is 2.47. The molecule has 2 amide bonds. The van der Waals surface area contributed by atoms with E-state index >= 15 is 0 Å². The molecule has 0 N–H and O–H groups in total. The highest BCUT2D eigenvalue weighted by molar-refractivity contribution is 7.89. The predicted octanol–water partition coefficient (Wildman–Crippen LogP) is 5.16. The Hall–Kier alpha value is -4.02. The average Bonchev–Trinajstić information content (AvgIpc) is 3.54. The summed E-state index contributed by atoms with van der Waals surface area (Å²) in [6, 6.07) is 18.9. The first-order chi connectivity index (χ1) is 19.4. The van der Waals surface area contributed by atoms with Crippen LogP contribution in [-0.4, -0.2) is 48.7 Å². The minimum absolute atomic E-state index is 0.0697. The van der Waals surface area contributed by atoms with Crippen molar-refractivity contribution in [3.8, 4) is 17.2 Å². The van der Waals surface area contributed by atoms with Crippen molar-refractivity contribution >= 4 is 38.6 Å². The number of benzene rings is 3. The van der Waals surface area contributed by atoms with E-state index in [0.29, 0.717) is 41.3 Å². The van der Waals surface area contributed by atoms with Crippen LogP contribution in [0, 0.1) is 0 Å². The largest absolute Gasteiger partial charge is 0.497 e. The van der Waals surface area contributed by atoms with Gasteiger partial charge in [-0.3, -0.25) is 9.59 Å². The third-order valence-electron chi connectivity index (χ3n) is 7.67. The zero-order chi connectivity index (χ0) is 27.9. The number of amides is 2. The number of carbonyl (C=O) groups is 2. The molecule has 2 aliphatic rings. The summed E-state index contributed by atoms with van der Waals surface area (Å²) in [4.78, 5) is 32.7. The third-order valence-corrected chi connectivity index (χ3v) is 9.64. The number of methoxy groups -OCH3 is 1. The molecule has 1 saturated carbocycles. The summed E-state index contributed by atoms with van der Waals surface area (Å²) >= 11 is 0. The van der Waals surface area contributed by atoms with Crippen molar-refractivity contribution in [1.29, 1.82) is 0 Å². The zero-order valence-corrected chi connectivity index (χ0v) is 22.8. The van der Waals surface area contributed by atoms with Crippen molar-refractivity contribution in [3.05, 3.63) is 72.8 Å². The number of nitrogens with zero attached hydrogens (tertiary/aromatic N) is 3. The number of ether oxygens (including phenoxy) is 1. The van der Waals surface area contributed by atoms with Gasteiger partial charge in [-0.25, -0.2) is 18.3 Å². The number of para-hydroxylation sites is 2. The molecule has 10 heteroatoms. The first kappa shape index (κ1) is 26.2. The smallest absolute Gasteiger partial charge is 0.252 e. The van der Waals surface area contributed by atoms with Gasteiger partial charge in [0.1, 0.15) is 17.3 Å². The molecule has 0 spiro atoms. The molecule has 1 aliphatic carbocycles. The molecule has 4 aromatic rings. The Morgan fingerprint density at radius 1 is 0.925 bits per heavy atom. The van der Waals surface area contributed by atoms with Crippen LogP contribution >= 0.6 is 0 Å². The lowest BCUT2D eigenvalue weighted by Crippen LogP contribution is -2.51. The highest BCUT2D eigenvalue weighted by Gasteiger charge is 2.49. The van der Waals surface area contributed by atoms with Crippen LogP contribution in [0.2, 0.25) is 0 Å². The number of anilines is 1. The van der Waals surface area contributed by atoms with Crippen LogP contribution in [0.15, 0.2) is 82.1 Å². The van der Waals surface area contributed by atoms with Gasteiger partial charge in [0.05, 0.1) is 24.1 Å². The van der Waals surface area contributed by atoms with E-state index in [1.54, 1.807) is 36.4 Å². The molecule has 2 heterocycles. The van der Waals surface area contributed by atoms with E-state index in [-0.39, 0.29) is 17.4 Å².